The highest BCUT2D eigenvalue weighted by Crippen LogP contribution is 2.32. The molecular weight excluding hydrogens is 409 g/mol. The Morgan fingerprint density at radius 3 is 2.48 bits per heavy atom. The van der Waals surface area contributed by atoms with Gasteiger partial charge in [0.05, 0.1) is 16.1 Å². The molecule has 150 valence electrons. The summed E-state index contributed by atoms with van der Waals surface area (Å²) in [4.78, 5) is 20.0. The second-order valence-corrected chi connectivity index (χ2v) is 6.15. The maximum atomic E-state index is 12.9. The van der Waals surface area contributed by atoms with Crippen molar-refractivity contribution in [3.8, 4) is 0 Å². The quantitative estimate of drug-likeness (QED) is 0.459. The molecule has 1 heterocycles. The normalized spacial score (nSPS) is 11.0. The Morgan fingerprint density at radius 1 is 1.03 bits per heavy atom. The van der Waals surface area contributed by atoms with Crippen molar-refractivity contribution in [3.63, 3.8) is 0 Å². The third-order valence-corrected chi connectivity index (χ3v) is 4.08. The molecule has 0 atom stereocenters. The van der Waals surface area contributed by atoms with E-state index >= 15 is 0 Å². The fourth-order valence-corrected chi connectivity index (χ4v) is 2.55. The summed E-state index contributed by atoms with van der Waals surface area (Å²) in [6.45, 7) is 0. The van der Waals surface area contributed by atoms with Crippen molar-refractivity contribution in [2.75, 3.05) is 16.5 Å². The van der Waals surface area contributed by atoms with Crippen LogP contribution in [0.3, 0.4) is 0 Å². The summed E-state index contributed by atoms with van der Waals surface area (Å²) in [6, 6.07) is 11.0. The molecule has 0 aliphatic rings. The predicted molar refractivity (Wildman–Crippen MR) is 104 cm³/mol. The molecule has 0 aliphatic carbocycles. The van der Waals surface area contributed by atoms with E-state index in [1.165, 1.54) is 18.2 Å². The topological polar surface area (TPSA) is 105 Å². The number of carbonyl (C=O) groups is 1. The summed E-state index contributed by atoms with van der Waals surface area (Å²) in [5.74, 6) is -0.412. The number of halogens is 4. The van der Waals surface area contributed by atoms with Gasteiger partial charge in [-0.05, 0) is 30.3 Å². The summed E-state index contributed by atoms with van der Waals surface area (Å²) >= 11 is 5.96. The van der Waals surface area contributed by atoms with Crippen LogP contribution in [0.15, 0.2) is 54.9 Å². The van der Waals surface area contributed by atoms with Gasteiger partial charge in [-0.15, -0.1) is 0 Å². The van der Waals surface area contributed by atoms with Gasteiger partial charge in [0.2, 0.25) is 0 Å². The maximum absolute atomic E-state index is 12.9. The maximum Gasteiger partial charge on any atom is 0.416 e. The van der Waals surface area contributed by atoms with E-state index in [1.54, 1.807) is 18.2 Å². The zero-order valence-electron chi connectivity index (χ0n) is 14.6. The number of aromatic nitrogens is 2. The number of nitrogens with one attached hydrogen (secondary N) is 3. The fourth-order valence-electron chi connectivity index (χ4n) is 2.33. The standard InChI is InChI=1S/C18H14ClF3N6O/c19-13-7-2-1-6-12(13)17(29)28-27-16-14(23)15(24-9-25-16)26-11-5-3-4-10(8-11)18(20,21)22/h1-9H,23H2,(H,28,29)(H2,24,25,26,27). The van der Waals surface area contributed by atoms with Gasteiger partial charge < -0.3 is 11.1 Å². The zero-order chi connectivity index (χ0) is 21.0. The molecular formula is C18H14ClF3N6O. The largest absolute Gasteiger partial charge is 0.416 e. The number of alkyl halides is 3. The molecule has 3 aromatic rings. The first kappa shape index (κ1) is 20.2. The van der Waals surface area contributed by atoms with E-state index in [4.69, 9.17) is 17.3 Å². The van der Waals surface area contributed by atoms with Crippen LogP contribution in [0.2, 0.25) is 5.02 Å². The minimum Gasteiger partial charge on any atom is -0.393 e. The molecule has 0 unspecified atom stereocenters. The van der Waals surface area contributed by atoms with Gasteiger partial charge in [-0.1, -0.05) is 29.8 Å². The lowest BCUT2D eigenvalue weighted by Crippen LogP contribution is -2.30. The number of nitrogen functional groups attached to an aromatic ring is 1. The van der Waals surface area contributed by atoms with Crippen LogP contribution < -0.4 is 21.9 Å². The van der Waals surface area contributed by atoms with Crippen LogP contribution in [0.1, 0.15) is 15.9 Å². The lowest BCUT2D eigenvalue weighted by atomic mass is 10.2. The Morgan fingerprint density at radius 2 is 1.76 bits per heavy atom. The average Bonchev–Trinajstić information content (AvgIpc) is 2.68. The lowest BCUT2D eigenvalue weighted by molar-refractivity contribution is -0.137. The van der Waals surface area contributed by atoms with Crippen LogP contribution in [0.5, 0.6) is 0 Å². The molecule has 1 aromatic heterocycles. The highest BCUT2D eigenvalue weighted by atomic mass is 35.5. The number of nitrogens with zero attached hydrogens (tertiary/aromatic N) is 2. The molecule has 7 nitrogen and oxygen atoms in total. The number of hydrazine groups is 1. The van der Waals surface area contributed by atoms with Crippen molar-refractivity contribution in [2.24, 2.45) is 0 Å². The number of anilines is 4. The van der Waals surface area contributed by atoms with Crippen molar-refractivity contribution >= 4 is 40.5 Å². The van der Waals surface area contributed by atoms with Gasteiger partial charge in [-0.25, -0.2) is 9.97 Å². The summed E-state index contributed by atoms with van der Waals surface area (Å²) in [6.07, 6.45) is -3.35. The van der Waals surface area contributed by atoms with E-state index in [-0.39, 0.29) is 33.6 Å². The number of hydrogen-bond acceptors (Lipinski definition) is 6. The molecule has 0 aliphatic heterocycles. The lowest BCUT2D eigenvalue weighted by Gasteiger charge is -2.14. The molecule has 1 amide bonds. The van der Waals surface area contributed by atoms with Crippen molar-refractivity contribution < 1.29 is 18.0 Å². The Hall–Kier alpha value is -3.53. The van der Waals surface area contributed by atoms with Crippen molar-refractivity contribution in [3.05, 3.63) is 71.0 Å². The van der Waals surface area contributed by atoms with Gasteiger partial charge in [0.25, 0.3) is 5.91 Å². The summed E-state index contributed by atoms with van der Waals surface area (Å²) in [7, 11) is 0. The Balaban J connectivity index is 1.75. The second-order valence-electron chi connectivity index (χ2n) is 5.75. The van der Waals surface area contributed by atoms with Gasteiger partial charge >= 0.3 is 6.18 Å². The van der Waals surface area contributed by atoms with Gasteiger partial charge in [-0.3, -0.25) is 15.6 Å². The molecule has 0 saturated carbocycles. The summed E-state index contributed by atoms with van der Waals surface area (Å²) < 4.78 is 38.6. The highest BCUT2D eigenvalue weighted by Gasteiger charge is 2.30. The number of benzene rings is 2. The fraction of sp³-hybridized carbons (Fsp3) is 0.0556. The Kier molecular flexibility index (Phi) is 5.74. The second kappa shape index (κ2) is 8.23. The number of hydrogen-bond donors (Lipinski definition) is 4. The molecule has 0 radical (unpaired) electrons. The smallest absolute Gasteiger partial charge is 0.393 e. The molecule has 11 heteroatoms. The van der Waals surface area contributed by atoms with Crippen molar-refractivity contribution in [1.82, 2.24) is 15.4 Å². The van der Waals surface area contributed by atoms with E-state index in [9.17, 15) is 18.0 Å². The Bertz CT molecular complexity index is 1040. The number of rotatable bonds is 5. The number of nitrogens with two attached hydrogens (primary N) is 1. The minimum absolute atomic E-state index is 0.00984. The van der Waals surface area contributed by atoms with Crippen molar-refractivity contribution in [1.29, 1.82) is 0 Å². The highest BCUT2D eigenvalue weighted by molar-refractivity contribution is 6.33. The summed E-state index contributed by atoms with van der Waals surface area (Å²) in [5.41, 5.74) is 10.4. The van der Waals surface area contributed by atoms with Crippen molar-refractivity contribution in [2.45, 2.75) is 6.18 Å². The molecule has 0 spiro atoms. The zero-order valence-corrected chi connectivity index (χ0v) is 15.3. The first-order chi connectivity index (χ1) is 13.8. The van der Waals surface area contributed by atoms with Gasteiger partial charge in [0.1, 0.15) is 12.0 Å². The van der Waals surface area contributed by atoms with Gasteiger partial charge in [0, 0.05) is 5.69 Å². The predicted octanol–water partition coefficient (Wildman–Crippen LogP) is 4.23. The van der Waals surface area contributed by atoms with Crippen LogP contribution >= 0.6 is 11.6 Å². The molecule has 2 aromatic carbocycles. The van der Waals surface area contributed by atoms with E-state index in [0.29, 0.717) is 0 Å². The first-order valence-electron chi connectivity index (χ1n) is 8.11. The molecule has 5 N–H and O–H groups in total. The minimum atomic E-state index is -4.48. The summed E-state index contributed by atoms with van der Waals surface area (Å²) in [5, 5.41) is 2.96. The van der Waals surface area contributed by atoms with Crippen LogP contribution in [0.25, 0.3) is 0 Å². The van der Waals surface area contributed by atoms with Crippen LogP contribution in [0.4, 0.5) is 36.2 Å². The molecule has 0 bridgehead atoms. The number of carbonyl (C=O) groups excluding carboxylic acids is 1. The molecule has 0 saturated heterocycles. The Labute approximate surface area is 168 Å². The SMILES string of the molecule is Nc1c(NNC(=O)c2ccccc2Cl)ncnc1Nc1cccc(C(F)(F)F)c1. The first-order valence-corrected chi connectivity index (χ1v) is 8.49. The third-order valence-electron chi connectivity index (χ3n) is 3.75. The molecule has 0 fully saturated rings. The van der Waals surface area contributed by atoms with Crippen LogP contribution in [0, 0.1) is 0 Å². The molecule has 3 rings (SSSR count). The van der Waals surface area contributed by atoms with Gasteiger partial charge in [-0.2, -0.15) is 13.2 Å². The van der Waals surface area contributed by atoms with E-state index in [1.807, 2.05) is 0 Å². The third kappa shape index (κ3) is 4.85. The number of amides is 1. The monoisotopic (exact) mass is 422 g/mol. The van der Waals surface area contributed by atoms with E-state index in [2.05, 4.69) is 26.1 Å². The molecule has 29 heavy (non-hydrogen) atoms. The van der Waals surface area contributed by atoms with Crippen LogP contribution in [-0.4, -0.2) is 15.9 Å². The van der Waals surface area contributed by atoms with Gasteiger partial charge in [0.15, 0.2) is 11.6 Å². The van der Waals surface area contributed by atoms with Crippen LogP contribution in [-0.2, 0) is 6.18 Å². The van der Waals surface area contributed by atoms with E-state index in [0.717, 1.165) is 18.5 Å². The van der Waals surface area contributed by atoms with E-state index < -0.39 is 17.6 Å². The average molecular weight is 423 g/mol.